The maximum atomic E-state index is 5.39. The molecule has 1 aliphatic rings. The van der Waals surface area contributed by atoms with Gasteiger partial charge in [0.2, 0.25) is 12.7 Å². The molecule has 0 radical (unpaired) electrons. The van der Waals surface area contributed by atoms with Crippen molar-refractivity contribution in [1.29, 1.82) is 0 Å². The fraction of sp³-hybridized carbons (Fsp3) is 0.200. The van der Waals surface area contributed by atoms with E-state index in [2.05, 4.69) is 15.0 Å². The predicted octanol–water partition coefficient (Wildman–Crippen LogP) is 2.75. The van der Waals surface area contributed by atoms with Crippen molar-refractivity contribution in [3.05, 3.63) is 30.3 Å². The average Bonchev–Trinajstić information content (AvgIpc) is 3.12. The van der Waals surface area contributed by atoms with Crippen LogP contribution in [0.25, 0.3) is 22.6 Å². The van der Waals surface area contributed by atoms with Crippen LogP contribution in [0.5, 0.6) is 17.4 Å². The number of nitrogens with one attached hydrogen (secondary N) is 1. The second-order valence-electron chi connectivity index (χ2n) is 4.61. The number of nitrogens with zero attached hydrogens (tertiary/aromatic N) is 2. The molecule has 0 atom stereocenters. The van der Waals surface area contributed by atoms with E-state index in [0.29, 0.717) is 18.1 Å². The molecule has 0 saturated carbocycles. The van der Waals surface area contributed by atoms with Gasteiger partial charge in [0, 0.05) is 11.6 Å². The molecule has 6 nitrogen and oxygen atoms in total. The van der Waals surface area contributed by atoms with Crippen LogP contribution in [0, 0.1) is 0 Å². The Balaban J connectivity index is 1.76. The lowest BCUT2D eigenvalue weighted by Crippen LogP contribution is -1.93. The van der Waals surface area contributed by atoms with Gasteiger partial charge < -0.3 is 19.2 Å². The van der Waals surface area contributed by atoms with Gasteiger partial charge in [0.1, 0.15) is 5.82 Å². The summed E-state index contributed by atoms with van der Waals surface area (Å²) in [6.45, 7) is 2.77. The third-order valence-electron chi connectivity index (χ3n) is 3.26. The van der Waals surface area contributed by atoms with E-state index in [1.165, 1.54) is 0 Å². The Morgan fingerprint density at radius 2 is 2.05 bits per heavy atom. The number of benzene rings is 1. The minimum atomic E-state index is 0.262. The molecule has 106 valence electrons. The second kappa shape index (κ2) is 4.66. The second-order valence-corrected chi connectivity index (χ2v) is 4.61. The number of fused-ring (bicyclic) bond motifs is 2. The molecule has 4 rings (SSSR count). The van der Waals surface area contributed by atoms with Crippen molar-refractivity contribution >= 4 is 11.2 Å². The summed E-state index contributed by atoms with van der Waals surface area (Å²) >= 11 is 0. The van der Waals surface area contributed by atoms with Crippen molar-refractivity contribution in [2.45, 2.75) is 6.92 Å². The topological polar surface area (TPSA) is 69.3 Å². The number of H-pyrrole nitrogens is 1. The van der Waals surface area contributed by atoms with Crippen LogP contribution >= 0.6 is 0 Å². The molecule has 0 saturated heterocycles. The van der Waals surface area contributed by atoms with Gasteiger partial charge in [0.15, 0.2) is 17.1 Å². The van der Waals surface area contributed by atoms with Gasteiger partial charge in [-0.1, -0.05) is 0 Å². The highest BCUT2D eigenvalue weighted by atomic mass is 16.7. The number of rotatable bonds is 3. The van der Waals surface area contributed by atoms with Crippen molar-refractivity contribution in [3.8, 4) is 28.8 Å². The van der Waals surface area contributed by atoms with Crippen molar-refractivity contribution in [1.82, 2.24) is 15.0 Å². The first-order valence-electron chi connectivity index (χ1n) is 6.73. The summed E-state index contributed by atoms with van der Waals surface area (Å²) in [6, 6.07) is 9.46. The maximum absolute atomic E-state index is 5.39. The number of hydrogen-bond acceptors (Lipinski definition) is 5. The van der Waals surface area contributed by atoms with Crippen LogP contribution in [0.3, 0.4) is 0 Å². The van der Waals surface area contributed by atoms with E-state index in [1.54, 1.807) is 0 Å². The van der Waals surface area contributed by atoms with Gasteiger partial charge in [-0.3, -0.25) is 0 Å². The Kier molecular flexibility index (Phi) is 2.67. The molecule has 1 aromatic carbocycles. The summed E-state index contributed by atoms with van der Waals surface area (Å²) in [4.78, 5) is 12.1. The zero-order chi connectivity index (χ0) is 14.2. The molecule has 6 heteroatoms. The fourth-order valence-corrected chi connectivity index (χ4v) is 2.28. The van der Waals surface area contributed by atoms with Gasteiger partial charge in [-0.2, -0.15) is 4.98 Å². The van der Waals surface area contributed by atoms with Gasteiger partial charge in [-0.15, -0.1) is 0 Å². The lowest BCUT2D eigenvalue weighted by atomic mass is 10.2. The smallest absolute Gasteiger partial charge is 0.231 e. The fourth-order valence-electron chi connectivity index (χ4n) is 2.28. The molecule has 1 N–H and O–H groups in total. The van der Waals surface area contributed by atoms with E-state index < -0.39 is 0 Å². The highest BCUT2D eigenvalue weighted by molar-refractivity contribution is 5.77. The maximum Gasteiger partial charge on any atom is 0.231 e. The van der Waals surface area contributed by atoms with Crippen LogP contribution in [-0.4, -0.2) is 28.4 Å². The van der Waals surface area contributed by atoms with E-state index in [0.717, 1.165) is 28.4 Å². The summed E-state index contributed by atoms with van der Waals surface area (Å²) in [5.41, 5.74) is 2.43. The molecule has 1 aliphatic heterocycles. The number of aromatic amines is 1. The Hall–Kier alpha value is -2.76. The number of imidazole rings is 1. The molecular formula is C15H13N3O3. The van der Waals surface area contributed by atoms with Crippen molar-refractivity contribution in [2.75, 3.05) is 13.4 Å². The Labute approximate surface area is 120 Å². The van der Waals surface area contributed by atoms with Crippen LogP contribution < -0.4 is 14.2 Å². The number of ether oxygens (including phenoxy) is 3. The van der Waals surface area contributed by atoms with Gasteiger partial charge in [-0.05, 0) is 31.2 Å². The molecule has 2 aromatic heterocycles. The molecular weight excluding hydrogens is 270 g/mol. The van der Waals surface area contributed by atoms with Gasteiger partial charge in [0.25, 0.3) is 0 Å². The standard InChI is InChI=1S/C15H13N3O3/c1-2-19-13-6-4-10-15(17-13)18-14(16-10)9-3-5-11-12(7-9)21-8-20-11/h3-7H,2,8H2,1H3,(H,16,17,18). The highest BCUT2D eigenvalue weighted by Crippen LogP contribution is 2.35. The monoisotopic (exact) mass is 283 g/mol. The lowest BCUT2D eigenvalue weighted by molar-refractivity contribution is 0.174. The zero-order valence-corrected chi connectivity index (χ0v) is 11.4. The van der Waals surface area contributed by atoms with Crippen molar-refractivity contribution in [3.63, 3.8) is 0 Å². The summed E-state index contributed by atoms with van der Waals surface area (Å²) in [6.07, 6.45) is 0. The van der Waals surface area contributed by atoms with Crippen LogP contribution in [0.15, 0.2) is 30.3 Å². The Morgan fingerprint density at radius 3 is 2.95 bits per heavy atom. The van der Waals surface area contributed by atoms with E-state index in [1.807, 2.05) is 37.3 Å². The minimum absolute atomic E-state index is 0.262. The summed E-state index contributed by atoms with van der Waals surface area (Å²) in [5.74, 6) is 2.81. The molecule has 0 bridgehead atoms. The quantitative estimate of drug-likeness (QED) is 0.800. The van der Waals surface area contributed by atoms with Gasteiger partial charge in [-0.25, -0.2) is 4.98 Å². The van der Waals surface area contributed by atoms with Crippen LogP contribution in [-0.2, 0) is 0 Å². The molecule has 0 unspecified atom stereocenters. The molecule has 0 amide bonds. The van der Waals surface area contributed by atoms with E-state index in [4.69, 9.17) is 14.2 Å². The molecule has 0 spiro atoms. The summed E-state index contributed by atoms with van der Waals surface area (Å²) in [5, 5.41) is 0. The Morgan fingerprint density at radius 1 is 1.14 bits per heavy atom. The first-order chi connectivity index (χ1) is 10.3. The SMILES string of the molecule is CCOc1ccc2[nH]c(-c3ccc4c(c3)OCO4)nc2n1. The molecule has 0 fully saturated rings. The van der Waals surface area contributed by atoms with E-state index >= 15 is 0 Å². The van der Waals surface area contributed by atoms with E-state index in [-0.39, 0.29) is 6.79 Å². The highest BCUT2D eigenvalue weighted by Gasteiger charge is 2.15. The molecule has 0 aliphatic carbocycles. The summed E-state index contributed by atoms with van der Waals surface area (Å²) in [7, 11) is 0. The number of hydrogen-bond donors (Lipinski definition) is 1. The largest absolute Gasteiger partial charge is 0.478 e. The summed E-state index contributed by atoms with van der Waals surface area (Å²) < 4.78 is 16.1. The van der Waals surface area contributed by atoms with Crippen molar-refractivity contribution < 1.29 is 14.2 Å². The third-order valence-corrected chi connectivity index (χ3v) is 3.26. The molecule has 21 heavy (non-hydrogen) atoms. The van der Waals surface area contributed by atoms with Gasteiger partial charge >= 0.3 is 0 Å². The number of pyridine rings is 1. The number of aromatic nitrogens is 3. The average molecular weight is 283 g/mol. The Bertz CT molecular complexity index is 813. The van der Waals surface area contributed by atoms with Crippen molar-refractivity contribution in [2.24, 2.45) is 0 Å². The minimum Gasteiger partial charge on any atom is -0.478 e. The van der Waals surface area contributed by atoms with Crippen LogP contribution in [0.1, 0.15) is 6.92 Å². The lowest BCUT2D eigenvalue weighted by Gasteiger charge is -1.99. The normalized spacial score (nSPS) is 12.8. The predicted molar refractivity (Wildman–Crippen MR) is 76.6 cm³/mol. The third kappa shape index (κ3) is 2.05. The molecule has 3 heterocycles. The van der Waals surface area contributed by atoms with E-state index in [9.17, 15) is 0 Å². The van der Waals surface area contributed by atoms with Crippen LogP contribution in [0.2, 0.25) is 0 Å². The first-order valence-corrected chi connectivity index (χ1v) is 6.73. The zero-order valence-electron chi connectivity index (χ0n) is 11.4. The van der Waals surface area contributed by atoms with Crippen LogP contribution in [0.4, 0.5) is 0 Å². The first kappa shape index (κ1) is 12.0. The van der Waals surface area contributed by atoms with Gasteiger partial charge in [0.05, 0.1) is 12.1 Å². The molecule has 3 aromatic rings.